The quantitative estimate of drug-likeness (QED) is 0.526. The molecular weight excluding hydrogens is 156 g/mol. The van der Waals surface area contributed by atoms with Gasteiger partial charge in [-0.2, -0.15) is 0 Å². The summed E-state index contributed by atoms with van der Waals surface area (Å²) >= 11 is 0. The number of allylic oxidation sites excluding steroid dienone is 4. The molecule has 0 aromatic heterocycles. The lowest BCUT2D eigenvalue weighted by atomic mass is 9.69. The van der Waals surface area contributed by atoms with Gasteiger partial charge in [0.2, 0.25) is 0 Å². The maximum atomic E-state index is 2.48. The lowest BCUT2D eigenvalue weighted by molar-refractivity contribution is 0.286. The van der Waals surface area contributed by atoms with Crippen LogP contribution in [-0.4, -0.2) is 0 Å². The van der Waals surface area contributed by atoms with Crippen LogP contribution in [0.25, 0.3) is 0 Å². The van der Waals surface area contributed by atoms with E-state index in [4.69, 9.17) is 0 Å². The van der Waals surface area contributed by atoms with Gasteiger partial charge >= 0.3 is 0 Å². The molecule has 2 aliphatic rings. The molecule has 0 spiro atoms. The molecule has 0 radical (unpaired) electrons. The van der Waals surface area contributed by atoms with E-state index in [2.05, 4.69) is 39.0 Å². The van der Waals surface area contributed by atoms with Crippen molar-refractivity contribution in [3.8, 4) is 0 Å². The highest BCUT2D eigenvalue weighted by Gasteiger charge is 2.29. The van der Waals surface area contributed by atoms with Crippen LogP contribution in [0, 0.1) is 23.7 Å². The Bertz CT molecular complexity index is 247. The van der Waals surface area contributed by atoms with E-state index in [1.165, 1.54) is 12.8 Å². The third-order valence-electron chi connectivity index (χ3n) is 3.89. The van der Waals surface area contributed by atoms with Gasteiger partial charge in [0.05, 0.1) is 0 Å². The van der Waals surface area contributed by atoms with Crippen molar-refractivity contribution in [2.45, 2.75) is 33.6 Å². The summed E-state index contributed by atoms with van der Waals surface area (Å²) in [7, 11) is 0. The molecule has 2 rings (SSSR count). The first-order valence-electron chi connectivity index (χ1n) is 5.58. The molecule has 0 aromatic rings. The Labute approximate surface area is 81.7 Å². The standard InChI is InChI=1S/C13H20/c1-9-4-7-13-11(3)10(2)5-6-12(13)8-9/h5-6,8-11,13H,4,7H2,1-3H3/t9-,10?,11?,13?/m1/s1. The van der Waals surface area contributed by atoms with Gasteiger partial charge in [-0.15, -0.1) is 0 Å². The molecule has 2 aliphatic carbocycles. The number of hydrogen-bond acceptors (Lipinski definition) is 0. The first kappa shape index (κ1) is 9.05. The van der Waals surface area contributed by atoms with Crippen LogP contribution in [0.3, 0.4) is 0 Å². The van der Waals surface area contributed by atoms with Gasteiger partial charge in [-0.3, -0.25) is 0 Å². The van der Waals surface area contributed by atoms with Crippen LogP contribution in [0.15, 0.2) is 23.8 Å². The minimum absolute atomic E-state index is 0.774. The van der Waals surface area contributed by atoms with E-state index in [9.17, 15) is 0 Å². The molecule has 0 saturated heterocycles. The van der Waals surface area contributed by atoms with Gasteiger partial charge < -0.3 is 0 Å². The first-order chi connectivity index (χ1) is 6.18. The van der Waals surface area contributed by atoms with Crippen LogP contribution in [-0.2, 0) is 0 Å². The average molecular weight is 176 g/mol. The Balaban J connectivity index is 2.27. The van der Waals surface area contributed by atoms with E-state index in [0.717, 1.165) is 23.7 Å². The summed E-state index contributed by atoms with van der Waals surface area (Å²) in [6, 6.07) is 0. The van der Waals surface area contributed by atoms with Gasteiger partial charge in [0.15, 0.2) is 0 Å². The second kappa shape index (κ2) is 3.32. The molecule has 13 heavy (non-hydrogen) atoms. The number of rotatable bonds is 0. The predicted molar refractivity (Wildman–Crippen MR) is 57.4 cm³/mol. The topological polar surface area (TPSA) is 0 Å². The fraction of sp³-hybridized carbons (Fsp3) is 0.692. The van der Waals surface area contributed by atoms with Crippen molar-refractivity contribution in [2.24, 2.45) is 23.7 Å². The molecule has 0 aromatic carbocycles. The van der Waals surface area contributed by atoms with Crippen molar-refractivity contribution in [2.75, 3.05) is 0 Å². The summed E-state index contributed by atoms with van der Waals surface area (Å²) in [5, 5.41) is 0. The molecule has 3 unspecified atom stereocenters. The highest BCUT2D eigenvalue weighted by atomic mass is 14.3. The molecule has 0 N–H and O–H groups in total. The van der Waals surface area contributed by atoms with Crippen molar-refractivity contribution in [3.63, 3.8) is 0 Å². The molecule has 0 heterocycles. The summed E-state index contributed by atoms with van der Waals surface area (Å²) in [6.07, 6.45) is 10.0. The Morgan fingerprint density at radius 2 is 1.92 bits per heavy atom. The highest BCUT2D eigenvalue weighted by molar-refractivity contribution is 5.29. The van der Waals surface area contributed by atoms with E-state index in [-0.39, 0.29) is 0 Å². The maximum absolute atomic E-state index is 2.48. The highest BCUT2D eigenvalue weighted by Crippen LogP contribution is 2.40. The summed E-state index contributed by atoms with van der Waals surface area (Å²) in [5.41, 5.74) is 1.62. The van der Waals surface area contributed by atoms with Gasteiger partial charge in [0, 0.05) is 0 Å². The molecule has 0 aliphatic heterocycles. The van der Waals surface area contributed by atoms with E-state index < -0.39 is 0 Å². The Morgan fingerprint density at radius 1 is 1.15 bits per heavy atom. The molecule has 0 bridgehead atoms. The summed E-state index contributed by atoms with van der Waals surface area (Å²) in [6.45, 7) is 7.08. The van der Waals surface area contributed by atoms with E-state index >= 15 is 0 Å². The van der Waals surface area contributed by atoms with Crippen LogP contribution < -0.4 is 0 Å². The number of fused-ring (bicyclic) bond motifs is 1. The van der Waals surface area contributed by atoms with Gasteiger partial charge in [-0.05, 0) is 42.1 Å². The van der Waals surface area contributed by atoms with Gasteiger partial charge in [-0.25, -0.2) is 0 Å². The van der Waals surface area contributed by atoms with E-state index in [0.29, 0.717) is 0 Å². The fourth-order valence-corrected chi connectivity index (χ4v) is 2.69. The smallest absolute Gasteiger partial charge is 0.0134 e. The van der Waals surface area contributed by atoms with Crippen molar-refractivity contribution in [1.29, 1.82) is 0 Å². The number of hydrogen-bond donors (Lipinski definition) is 0. The summed E-state index contributed by atoms with van der Waals surface area (Å²) < 4.78 is 0. The molecule has 0 fully saturated rings. The zero-order valence-electron chi connectivity index (χ0n) is 8.96. The molecule has 0 amide bonds. The monoisotopic (exact) mass is 176 g/mol. The van der Waals surface area contributed by atoms with Crippen molar-refractivity contribution < 1.29 is 0 Å². The normalized spacial score (nSPS) is 44.1. The molecular formula is C13H20. The van der Waals surface area contributed by atoms with Gasteiger partial charge in [-0.1, -0.05) is 39.0 Å². The fourth-order valence-electron chi connectivity index (χ4n) is 2.69. The Hall–Kier alpha value is -0.520. The molecule has 0 nitrogen and oxygen atoms in total. The second-order valence-electron chi connectivity index (χ2n) is 4.91. The van der Waals surface area contributed by atoms with Crippen LogP contribution in [0.2, 0.25) is 0 Å². The largest absolute Gasteiger partial charge is 0.0811 e. The molecule has 72 valence electrons. The molecule has 0 saturated carbocycles. The van der Waals surface area contributed by atoms with E-state index in [1.54, 1.807) is 5.57 Å². The Kier molecular flexibility index (Phi) is 2.31. The minimum Gasteiger partial charge on any atom is -0.0811 e. The van der Waals surface area contributed by atoms with Crippen molar-refractivity contribution >= 4 is 0 Å². The second-order valence-corrected chi connectivity index (χ2v) is 4.91. The van der Waals surface area contributed by atoms with Crippen LogP contribution >= 0.6 is 0 Å². The lowest BCUT2D eigenvalue weighted by Crippen LogP contribution is -2.26. The minimum atomic E-state index is 0.774. The first-order valence-corrected chi connectivity index (χ1v) is 5.58. The van der Waals surface area contributed by atoms with Gasteiger partial charge in [0.1, 0.15) is 0 Å². The summed E-state index contributed by atoms with van der Waals surface area (Å²) in [4.78, 5) is 0. The van der Waals surface area contributed by atoms with Crippen LogP contribution in [0.4, 0.5) is 0 Å². The third-order valence-corrected chi connectivity index (χ3v) is 3.89. The zero-order valence-corrected chi connectivity index (χ0v) is 8.96. The SMILES string of the molecule is CC1C=CC2=C[C@H](C)CCC2C1C. The van der Waals surface area contributed by atoms with E-state index in [1.807, 2.05) is 0 Å². The van der Waals surface area contributed by atoms with Crippen LogP contribution in [0.5, 0.6) is 0 Å². The maximum Gasteiger partial charge on any atom is -0.0134 e. The van der Waals surface area contributed by atoms with Crippen molar-refractivity contribution in [3.05, 3.63) is 23.8 Å². The van der Waals surface area contributed by atoms with Crippen LogP contribution in [0.1, 0.15) is 33.6 Å². The average Bonchev–Trinajstić information content (AvgIpc) is 2.12. The summed E-state index contributed by atoms with van der Waals surface area (Å²) in [5.74, 6) is 3.28. The lowest BCUT2D eigenvalue weighted by Gasteiger charge is -2.36. The third kappa shape index (κ3) is 1.59. The zero-order chi connectivity index (χ0) is 9.42. The molecule has 4 atom stereocenters. The van der Waals surface area contributed by atoms with Gasteiger partial charge in [0.25, 0.3) is 0 Å². The van der Waals surface area contributed by atoms with Crippen molar-refractivity contribution in [1.82, 2.24) is 0 Å². The predicted octanol–water partition coefficient (Wildman–Crippen LogP) is 3.80. The Morgan fingerprint density at radius 3 is 2.69 bits per heavy atom. The molecule has 0 heteroatoms.